The first-order valence-electron chi connectivity index (χ1n) is 7.78. The molecule has 0 aromatic rings. The predicted molar refractivity (Wildman–Crippen MR) is 78.4 cm³/mol. The van der Waals surface area contributed by atoms with Gasteiger partial charge >= 0.3 is 0 Å². The number of nitrogens with two attached hydrogens (primary N) is 1. The number of hydrogen-bond donors (Lipinski definition) is 3. The van der Waals surface area contributed by atoms with Crippen LogP contribution in [0.15, 0.2) is 5.16 Å². The molecule has 5 heteroatoms. The fourth-order valence-corrected chi connectivity index (χ4v) is 3.66. The third kappa shape index (κ3) is 2.91. The molecule has 0 radical (unpaired) electrons. The van der Waals surface area contributed by atoms with E-state index >= 15 is 0 Å². The van der Waals surface area contributed by atoms with E-state index in [1.807, 2.05) is 0 Å². The first-order chi connectivity index (χ1) is 9.48. The predicted octanol–water partition coefficient (Wildman–Crippen LogP) is 2.23. The maximum Gasteiger partial charge on any atom is 0.224 e. The van der Waals surface area contributed by atoms with Crippen molar-refractivity contribution < 1.29 is 10.0 Å². The molecule has 0 heterocycles. The van der Waals surface area contributed by atoms with E-state index in [4.69, 9.17) is 10.9 Å². The summed E-state index contributed by atoms with van der Waals surface area (Å²) in [6.45, 7) is 4.34. The zero-order valence-electron chi connectivity index (χ0n) is 12.6. The van der Waals surface area contributed by atoms with E-state index in [0.717, 1.165) is 44.9 Å². The Labute approximate surface area is 121 Å². The van der Waals surface area contributed by atoms with Gasteiger partial charge in [-0.25, -0.2) is 0 Å². The van der Waals surface area contributed by atoms with Crippen LogP contribution >= 0.6 is 0 Å². The molecule has 0 aliphatic heterocycles. The topological polar surface area (TPSA) is 87.7 Å². The SMILES string of the molecule is CC1CCC(NC(=O)C2CCCC2C)(C(N)=NO)CC1. The molecule has 0 aromatic carbocycles. The molecular formula is C15H27N3O2. The summed E-state index contributed by atoms with van der Waals surface area (Å²) in [6, 6.07) is 0. The zero-order valence-corrected chi connectivity index (χ0v) is 12.6. The second-order valence-corrected chi connectivity index (χ2v) is 6.75. The molecule has 1 amide bonds. The molecule has 0 saturated heterocycles. The van der Waals surface area contributed by atoms with Crippen LogP contribution in [0.5, 0.6) is 0 Å². The van der Waals surface area contributed by atoms with Crippen LogP contribution < -0.4 is 11.1 Å². The van der Waals surface area contributed by atoms with Crippen molar-refractivity contribution in [2.75, 3.05) is 0 Å². The van der Waals surface area contributed by atoms with Crippen LogP contribution in [0.3, 0.4) is 0 Å². The van der Waals surface area contributed by atoms with Crippen molar-refractivity contribution >= 4 is 11.7 Å². The Morgan fingerprint density at radius 2 is 1.90 bits per heavy atom. The van der Waals surface area contributed by atoms with E-state index in [-0.39, 0.29) is 17.7 Å². The molecule has 2 rings (SSSR count). The van der Waals surface area contributed by atoms with Gasteiger partial charge in [-0.3, -0.25) is 4.79 Å². The Kier molecular flexibility index (Phi) is 4.55. The van der Waals surface area contributed by atoms with Gasteiger partial charge in [-0.05, 0) is 50.4 Å². The van der Waals surface area contributed by atoms with Gasteiger partial charge in [0, 0.05) is 5.92 Å². The molecule has 2 fully saturated rings. The van der Waals surface area contributed by atoms with Crippen molar-refractivity contribution in [1.29, 1.82) is 0 Å². The van der Waals surface area contributed by atoms with E-state index in [1.165, 1.54) is 0 Å². The Morgan fingerprint density at radius 3 is 2.40 bits per heavy atom. The fourth-order valence-electron chi connectivity index (χ4n) is 3.66. The summed E-state index contributed by atoms with van der Waals surface area (Å²) in [5, 5.41) is 15.4. The first-order valence-corrected chi connectivity index (χ1v) is 7.78. The van der Waals surface area contributed by atoms with E-state index in [0.29, 0.717) is 11.8 Å². The summed E-state index contributed by atoms with van der Waals surface area (Å²) in [7, 11) is 0. The van der Waals surface area contributed by atoms with Gasteiger partial charge in [0.05, 0.1) is 0 Å². The Balaban J connectivity index is 2.10. The highest BCUT2D eigenvalue weighted by molar-refractivity contribution is 5.94. The second-order valence-electron chi connectivity index (χ2n) is 6.75. The van der Waals surface area contributed by atoms with E-state index in [1.54, 1.807) is 0 Å². The minimum Gasteiger partial charge on any atom is -0.409 e. The molecule has 2 atom stereocenters. The molecule has 20 heavy (non-hydrogen) atoms. The lowest BCUT2D eigenvalue weighted by molar-refractivity contribution is -0.127. The molecule has 0 bridgehead atoms. The number of carbonyl (C=O) groups is 1. The van der Waals surface area contributed by atoms with E-state index in [2.05, 4.69) is 24.3 Å². The molecule has 0 spiro atoms. The van der Waals surface area contributed by atoms with Crippen LogP contribution in [-0.2, 0) is 4.79 Å². The summed E-state index contributed by atoms with van der Waals surface area (Å²) in [5.41, 5.74) is 5.26. The normalized spacial score (nSPS) is 38.7. The number of amides is 1. The third-order valence-corrected chi connectivity index (χ3v) is 5.29. The van der Waals surface area contributed by atoms with Crippen LogP contribution in [0.4, 0.5) is 0 Å². The van der Waals surface area contributed by atoms with Crippen molar-refractivity contribution in [3.63, 3.8) is 0 Å². The highest BCUT2D eigenvalue weighted by atomic mass is 16.4. The average molecular weight is 281 g/mol. The molecule has 2 saturated carbocycles. The zero-order chi connectivity index (χ0) is 14.8. The lowest BCUT2D eigenvalue weighted by Crippen LogP contribution is -2.60. The summed E-state index contributed by atoms with van der Waals surface area (Å²) in [5.74, 6) is 1.39. The van der Waals surface area contributed by atoms with Gasteiger partial charge in [0.2, 0.25) is 5.91 Å². The minimum absolute atomic E-state index is 0.0798. The highest BCUT2D eigenvalue weighted by Gasteiger charge is 2.42. The molecule has 2 aliphatic carbocycles. The number of hydrogen-bond acceptors (Lipinski definition) is 3. The van der Waals surface area contributed by atoms with Crippen LogP contribution in [0, 0.1) is 17.8 Å². The monoisotopic (exact) mass is 281 g/mol. The molecule has 114 valence electrons. The quantitative estimate of drug-likeness (QED) is 0.321. The third-order valence-electron chi connectivity index (χ3n) is 5.29. The average Bonchev–Trinajstić information content (AvgIpc) is 2.87. The molecular weight excluding hydrogens is 254 g/mol. The summed E-state index contributed by atoms with van der Waals surface area (Å²) in [4.78, 5) is 12.5. The smallest absolute Gasteiger partial charge is 0.224 e. The number of carbonyl (C=O) groups excluding carboxylic acids is 1. The Hall–Kier alpha value is -1.26. The molecule has 4 N–H and O–H groups in total. The van der Waals surface area contributed by atoms with Crippen molar-refractivity contribution in [1.82, 2.24) is 5.32 Å². The van der Waals surface area contributed by atoms with E-state index in [9.17, 15) is 4.79 Å². The maximum atomic E-state index is 12.5. The number of oxime groups is 1. The summed E-state index contributed by atoms with van der Waals surface area (Å²) >= 11 is 0. The van der Waals surface area contributed by atoms with E-state index < -0.39 is 5.54 Å². The van der Waals surface area contributed by atoms with Gasteiger partial charge < -0.3 is 16.3 Å². The lowest BCUT2D eigenvalue weighted by atomic mass is 9.76. The van der Waals surface area contributed by atoms with Crippen LogP contribution in [0.1, 0.15) is 58.8 Å². The van der Waals surface area contributed by atoms with Crippen molar-refractivity contribution in [3.05, 3.63) is 0 Å². The number of rotatable bonds is 3. The number of nitrogens with zero attached hydrogens (tertiary/aromatic N) is 1. The van der Waals surface area contributed by atoms with Crippen molar-refractivity contribution in [2.24, 2.45) is 28.6 Å². The second kappa shape index (κ2) is 6.02. The van der Waals surface area contributed by atoms with Gasteiger partial charge in [0.1, 0.15) is 5.54 Å². The molecule has 5 nitrogen and oxygen atoms in total. The van der Waals surface area contributed by atoms with Crippen LogP contribution in [0.2, 0.25) is 0 Å². The largest absolute Gasteiger partial charge is 0.409 e. The summed E-state index contributed by atoms with van der Waals surface area (Å²) in [6.07, 6.45) is 6.70. The van der Waals surface area contributed by atoms with Gasteiger partial charge in [-0.1, -0.05) is 25.4 Å². The van der Waals surface area contributed by atoms with Crippen molar-refractivity contribution in [3.8, 4) is 0 Å². The van der Waals surface area contributed by atoms with Gasteiger partial charge in [-0.15, -0.1) is 0 Å². The van der Waals surface area contributed by atoms with Crippen molar-refractivity contribution in [2.45, 2.75) is 64.3 Å². The maximum absolute atomic E-state index is 12.5. The van der Waals surface area contributed by atoms with Gasteiger partial charge in [-0.2, -0.15) is 0 Å². The Bertz CT molecular complexity index is 387. The molecule has 2 aliphatic rings. The number of amidine groups is 1. The summed E-state index contributed by atoms with van der Waals surface area (Å²) < 4.78 is 0. The van der Waals surface area contributed by atoms with Crippen LogP contribution in [-0.4, -0.2) is 22.5 Å². The Morgan fingerprint density at radius 1 is 1.25 bits per heavy atom. The number of nitrogens with one attached hydrogen (secondary N) is 1. The van der Waals surface area contributed by atoms with Crippen LogP contribution in [0.25, 0.3) is 0 Å². The minimum atomic E-state index is -0.638. The highest BCUT2D eigenvalue weighted by Crippen LogP contribution is 2.35. The standard InChI is InChI=1S/C15H27N3O2/c1-10-6-8-15(9-7-10,14(16)18-20)17-13(19)12-5-3-4-11(12)2/h10-12,20H,3-9H2,1-2H3,(H2,16,18)(H,17,19). The molecule has 0 aromatic heterocycles. The molecule has 2 unspecified atom stereocenters. The lowest BCUT2D eigenvalue weighted by Gasteiger charge is -2.39. The first kappa shape index (κ1) is 15.1. The van der Waals surface area contributed by atoms with Gasteiger partial charge in [0.15, 0.2) is 5.84 Å². The fraction of sp³-hybridized carbons (Fsp3) is 0.867. The van der Waals surface area contributed by atoms with Gasteiger partial charge in [0.25, 0.3) is 0 Å².